The summed E-state index contributed by atoms with van der Waals surface area (Å²) in [6, 6.07) is 0. The molecule has 5 heavy (non-hydrogen) atoms. The van der Waals surface area contributed by atoms with Crippen LogP contribution in [0, 0.1) is 0 Å². The van der Waals surface area contributed by atoms with Crippen LogP contribution >= 0.6 is 29.0 Å². The maximum Gasteiger partial charge on any atom is 0.529 e. The minimum Gasteiger partial charge on any atom is -0.184 e. The Hall–Kier alpha value is 0.900. The molecule has 0 aliphatic rings. The molecule has 0 aliphatic heterocycles. The Labute approximate surface area is 38.8 Å². The third kappa shape index (κ3) is 50.9. The molecule has 0 aromatic heterocycles. The lowest BCUT2D eigenvalue weighted by molar-refractivity contribution is 0.579. The molecule has 32 valence electrons. The molecule has 0 saturated carbocycles. The highest BCUT2D eigenvalue weighted by molar-refractivity contribution is 8.09. The van der Waals surface area contributed by atoms with Gasteiger partial charge in [0.1, 0.15) is 0 Å². The molecule has 0 aliphatic carbocycles. The molecule has 0 heterocycles. The largest absolute Gasteiger partial charge is 0.529 e. The Morgan fingerprint density at radius 2 is 1.60 bits per heavy atom. The Balaban J connectivity index is 3.02. The molecule has 0 aromatic carbocycles. The van der Waals surface area contributed by atoms with Crippen LogP contribution in [0.3, 0.4) is 0 Å². The second-order valence-electron chi connectivity index (χ2n) is 0.418. The average Bonchev–Trinajstić information content (AvgIpc) is 0.722. The molecule has 1 nitrogen and oxygen atoms in total. The number of halogens is 3. The summed E-state index contributed by atoms with van der Waals surface area (Å²) >= 11 is 8.59. The lowest BCUT2D eigenvalue weighted by Crippen LogP contribution is -1.46. The molecule has 0 bridgehead atoms. The molecule has 0 saturated heterocycles. The topological polar surface area (TPSA) is 20.2 Å². The van der Waals surface area contributed by atoms with Gasteiger partial charge in [0, 0.05) is 4.20 Å². The van der Waals surface area contributed by atoms with Crippen LogP contribution in [-0.2, 0) is 0 Å². The summed E-state index contributed by atoms with van der Waals surface area (Å²) in [6.45, 7) is -3.94. The lowest BCUT2D eigenvalue weighted by Gasteiger charge is -1.73. The molecule has 0 unspecified atom stereocenters. The zero-order valence-corrected chi connectivity index (χ0v) is 4.43. The Morgan fingerprint density at radius 1 is 1.60 bits per heavy atom. The van der Waals surface area contributed by atoms with Crippen LogP contribution in [0.15, 0.2) is 0 Å². The first-order valence-electron chi connectivity index (χ1n) is 0.707. The molecule has 1 N–H and O–H groups in total. The quantitative estimate of drug-likeness (QED) is 0.508. The van der Waals surface area contributed by atoms with E-state index in [1.54, 1.807) is 0 Å². The van der Waals surface area contributed by atoms with Gasteiger partial charge < -0.3 is 0 Å². The van der Waals surface area contributed by atoms with Gasteiger partial charge >= 0.3 is 6.51 Å². The summed E-state index contributed by atoms with van der Waals surface area (Å²) in [7, 11) is 0. The van der Waals surface area contributed by atoms with Gasteiger partial charge in [0.15, 0.2) is 22.5 Å². The summed E-state index contributed by atoms with van der Waals surface area (Å²) < 4.78 is 10.9. The van der Waals surface area contributed by atoms with Crippen LogP contribution < -0.4 is 0 Å². The van der Waals surface area contributed by atoms with Crippen molar-refractivity contribution in [3.05, 3.63) is 0 Å². The molecule has 5 heteroatoms. The smallest absolute Gasteiger partial charge is 0.184 e. The van der Waals surface area contributed by atoms with E-state index >= 15 is 0 Å². The van der Waals surface area contributed by atoms with Gasteiger partial charge in [0.2, 0.25) is 0 Å². The highest BCUT2D eigenvalue weighted by Crippen LogP contribution is 2.66. The van der Waals surface area contributed by atoms with Gasteiger partial charge in [-0.15, -0.1) is 0 Å². The fourth-order valence-electron chi connectivity index (χ4n) is 0. The van der Waals surface area contributed by atoms with Crippen molar-refractivity contribution in [2.45, 2.75) is 0 Å². The van der Waals surface area contributed by atoms with Gasteiger partial charge in [0.05, 0.1) is 0 Å². The van der Waals surface area contributed by atoms with E-state index in [2.05, 4.69) is 22.5 Å². The summed E-state index contributed by atoms with van der Waals surface area (Å²) in [4.78, 5) is 7.50. The predicted molar refractivity (Wildman–Crippen MR) is 22.0 cm³/mol. The first-order chi connectivity index (χ1) is 2.00. The van der Waals surface area contributed by atoms with Crippen LogP contribution in [0.4, 0.5) is 4.20 Å². The first kappa shape index (κ1) is 5.90. The number of hydrogen-bond acceptors (Lipinski definition) is 1. The van der Waals surface area contributed by atoms with E-state index in [1.165, 1.54) is 0 Å². The van der Waals surface area contributed by atoms with Crippen molar-refractivity contribution < 1.29 is 9.09 Å². The van der Waals surface area contributed by atoms with E-state index in [4.69, 9.17) is 4.89 Å². The summed E-state index contributed by atoms with van der Waals surface area (Å²) in [5.41, 5.74) is 0. The maximum atomic E-state index is 10.9. The minimum atomic E-state index is -3.94. The summed E-state index contributed by atoms with van der Waals surface area (Å²) in [5, 5.41) is 0. The molecule has 0 aromatic rings. The number of hydrogen-bond donors (Lipinski definition) is 1. The van der Waals surface area contributed by atoms with Crippen LogP contribution in [-0.4, -0.2) is 4.89 Å². The second kappa shape index (κ2) is 1.57. The van der Waals surface area contributed by atoms with Crippen LogP contribution in [0.2, 0.25) is 0 Å². The van der Waals surface area contributed by atoms with Crippen LogP contribution in [0.5, 0.6) is 0 Å². The van der Waals surface area contributed by atoms with Gasteiger partial charge in [-0.1, -0.05) is 0 Å². The van der Waals surface area contributed by atoms with E-state index < -0.39 is 6.51 Å². The van der Waals surface area contributed by atoms with Crippen molar-refractivity contribution in [2.75, 3.05) is 0 Å². The van der Waals surface area contributed by atoms with E-state index in [0.29, 0.717) is 0 Å². The van der Waals surface area contributed by atoms with Crippen LogP contribution in [0.1, 0.15) is 0 Å². The molecule has 0 rings (SSSR count). The van der Waals surface area contributed by atoms with E-state index in [9.17, 15) is 4.20 Å². The normalized spacial score (nSPS) is 12.0. The van der Waals surface area contributed by atoms with Crippen molar-refractivity contribution in [1.82, 2.24) is 0 Å². The SMILES string of the molecule is O[P+](F)(Cl)Cl. The van der Waals surface area contributed by atoms with Gasteiger partial charge in [-0.25, -0.2) is 0 Å². The first-order valence-corrected chi connectivity index (χ1v) is 4.15. The fourth-order valence-corrected chi connectivity index (χ4v) is 0. The molecule has 0 spiro atoms. The fraction of sp³-hybridized carbons (Fsp3) is 0. The van der Waals surface area contributed by atoms with Crippen molar-refractivity contribution >= 4 is 29.0 Å². The third-order valence-electron chi connectivity index (χ3n) is 0. The van der Waals surface area contributed by atoms with Crippen LogP contribution in [0.25, 0.3) is 0 Å². The molecule has 0 radical (unpaired) electrons. The second-order valence-corrected chi connectivity index (χ2v) is 4.46. The zero-order chi connectivity index (χ0) is 4.50. The molecular formula is HCl2FOP+. The lowest BCUT2D eigenvalue weighted by atomic mass is 15.9. The van der Waals surface area contributed by atoms with E-state index in [-0.39, 0.29) is 0 Å². The van der Waals surface area contributed by atoms with Gasteiger partial charge in [-0.05, 0) is 0 Å². The Morgan fingerprint density at radius 3 is 1.60 bits per heavy atom. The van der Waals surface area contributed by atoms with Gasteiger partial charge in [-0.3, -0.25) is 0 Å². The highest BCUT2D eigenvalue weighted by atomic mass is 35.9. The highest BCUT2D eigenvalue weighted by Gasteiger charge is 2.31. The molecule has 0 fully saturated rings. The minimum absolute atomic E-state index is 3.94. The predicted octanol–water partition coefficient (Wildman–Crippen LogP) is 2.10. The molecule has 0 atom stereocenters. The average molecular weight is 138 g/mol. The third-order valence-corrected chi connectivity index (χ3v) is 0. The number of rotatable bonds is 0. The summed E-state index contributed by atoms with van der Waals surface area (Å²) in [5.74, 6) is 0. The maximum absolute atomic E-state index is 10.9. The molecule has 0 amide bonds. The standard InChI is InChI=1S/Cl2FHOP/c1-5(2,3)4/h4H/q+1. The summed E-state index contributed by atoms with van der Waals surface area (Å²) in [6.07, 6.45) is 0. The Kier molecular flexibility index (Phi) is 1.85. The zero-order valence-electron chi connectivity index (χ0n) is 2.03. The van der Waals surface area contributed by atoms with Crippen molar-refractivity contribution in [1.29, 1.82) is 0 Å². The monoisotopic (exact) mass is 137 g/mol. The van der Waals surface area contributed by atoms with E-state index in [0.717, 1.165) is 0 Å². The molecular weight excluding hydrogens is 137 g/mol. The van der Waals surface area contributed by atoms with Gasteiger partial charge in [0.25, 0.3) is 0 Å². The van der Waals surface area contributed by atoms with E-state index in [1.807, 2.05) is 0 Å². The van der Waals surface area contributed by atoms with Crippen molar-refractivity contribution in [3.8, 4) is 0 Å². The van der Waals surface area contributed by atoms with Crippen molar-refractivity contribution in [3.63, 3.8) is 0 Å². The Bertz CT molecular complexity index is 25.1. The van der Waals surface area contributed by atoms with Crippen molar-refractivity contribution in [2.24, 2.45) is 0 Å². The van der Waals surface area contributed by atoms with Gasteiger partial charge in [-0.2, -0.15) is 4.89 Å².